The molecule has 0 saturated heterocycles. The second-order valence-electron chi connectivity index (χ2n) is 4.58. The maximum Gasteiger partial charge on any atom is 0.119 e. The summed E-state index contributed by atoms with van der Waals surface area (Å²) in [7, 11) is 1.69. The summed E-state index contributed by atoms with van der Waals surface area (Å²) in [5, 5.41) is 2.42. The van der Waals surface area contributed by atoms with Crippen LogP contribution in [0.25, 0.3) is 21.9 Å². The van der Waals surface area contributed by atoms with Gasteiger partial charge in [-0.1, -0.05) is 24.3 Å². The van der Waals surface area contributed by atoms with Crippen molar-refractivity contribution in [2.45, 2.75) is 6.92 Å². The summed E-state index contributed by atoms with van der Waals surface area (Å²) in [4.78, 5) is 4.22. The minimum absolute atomic E-state index is 0.875. The highest BCUT2D eigenvalue weighted by Gasteiger charge is 2.06. The van der Waals surface area contributed by atoms with Crippen LogP contribution in [0.3, 0.4) is 0 Å². The van der Waals surface area contributed by atoms with Crippen LogP contribution in [0.2, 0.25) is 0 Å². The van der Waals surface area contributed by atoms with Crippen molar-refractivity contribution in [1.29, 1.82) is 0 Å². The third-order valence-electron chi connectivity index (χ3n) is 3.42. The summed E-state index contributed by atoms with van der Waals surface area (Å²) in [6.07, 6.45) is 3.76. The van der Waals surface area contributed by atoms with Crippen LogP contribution in [-0.2, 0) is 0 Å². The van der Waals surface area contributed by atoms with Crippen molar-refractivity contribution in [3.05, 3.63) is 60.4 Å². The van der Waals surface area contributed by atoms with Crippen molar-refractivity contribution < 1.29 is 4.74 Å². The summed E-state index contributed by atoms with van der Waals surface area (Å²) in [5.74, 6) is 0.875. The Morgan fingerprint density at radius 2 is 1.89 bits per heavy atom. The van der Waals surface area contributed by atoms with Gasteiger partial charge in [0, 0.05) is 17.8 Å². The lowest BCUT2D eigenvalue weighted by molar-refractivity contribution is 0.415. The monoisotopic (exact) mass is 249 g/mol. The van der Waals surface area contributed by atoms with Crippen LogP contribution in [0.1, 0.15) is 5.56 Å². The molecule has 0 aliphatic heterocycles. The topological polar surface area (TPSA) is 22.1 Å². The van der Waals surface area contributed by atoms with E-state index in [2.05, 4.69) is 42.2 Å². The molecule has 94 valence electrons. The normalized spacial score (nSPS) is 10.6. The highest BCUT2D eigenvalue weighted by molar-refractivity contribution is 5.98. The third-order valence-corrected chi connectivity index (χ3v) is 3.42. The largest absolute Gasteiger partial charge is 0.497 e. The van der Waals surface area contributed by atoms with Crippen molar-refractivity contribution in [2.75, 3.05) is 7.11 Å². The van der Waals surface area contributed by atoms with E-state index in [4.69, 9.17) is 4.74 Å². The Morgan fingerprint density at radius 1 is 1.00 bits per heavy atom. The van der Waals surface area contributed by atoms with Gasteiger partial charge < -0.3 is 4.74 Å². The second-order valence-corrected chi connectivity index (χ2v) is 4.58. The fraction of sp³-hybridized carbons (Fsp3) is 0.118. The summed E-state index contributed by atoms with van der Waals surface area (Å²) in [6.45, 7) is 2.11. The standard InChI is InChI=1S/C17H15NO/c1-12-6-7-15(16-8-9-18-11-17(12)16)13-4-3-5-14(10-13)19-2/h3-11H,1-2H3. The number of aromatic nitrogens is 1. The number of fused-ring (bicyclic) bond motifs is 1. The van der Waals surface area contributed by atoms with Crippen LogP contribution < -0.4 is 4.74 Å². The molecule has 0 spiro atoms. The number of ether oxygens (including phenoxy) is 1. The summed E-state index contributed by atoms with van der Waals surface area (Å²) in [6, 6.07) is 14.5. The molecule has 0 fully saturated rings. The second kappa shape index (κ2) is 4.73. The molecule has 3 aromatic rings. The smallest absolute Gasteiger partial charge is 0.119 e. The van der Waals surface area contributed by atoms with E-state index >= 15 is 0 Å². The predicted octanol–water partition coefficient (Wildman–Crippen LogP) is 4.22. The number of aryl methyl sites for hydroxylation is 1. The zero-order valence-electron chi connectivity index (χ0n) is 11.1. The van der Waals surface area contributed by atoms with Crippen LogP contribution >= 0.6 is 0 Å². The Balaban J connectivity index is 2.28. The molecule has 0 unspecified atom stereocenters. The molecule has 0 aliphatic carbocycles. The van der Waals surface area contributed by atoms with Gasteiger partial charge in [0.2, 0.25) is 0 Å². The lowest BCUT2D eigenvalue weighted by atomic mass is 9.97. The number of pyridine rings is 1. The fourth-order valence-electron chi connectivity index (χ4n) is 2.37. The van der Waals surface area contributed by atoms with E-state index in [9.17, 15) is 0 Å². The average Bonchev–Trinajstić information content (AvgIpc) is 2.48. The first-order valence-corrected chi connectivity index (χ1v) is 6.27. The predicted molar refractivity (Wildman–Crippen MR) is 78.5 cm³/mol. The van der Waals surface area contributed by atoms with Crippen molar-refractivity contribution in [3.8, 4) is 16.9 Å². The van der Waals surface area contributed by atoms with Gasteiger partial charge in [0.15, 0.2) is 0 Å². The molecule has 19 heavy (non-hydrogen) atoms. The van der Waals surface area contributed by atoms with E-state index in [-0.39, 0.29) is 0 Å². The van der Waals surface area contributed by atoms with Crippen molar-refractivity contribution in [1.82, 2.24) is 4.98 Å². The molecule has 0 radical (unpaired) electrons. The molecule has 0 atom stereocenters. The van der Waals surface area contributed by atoms with Gasteiger partial charge in [0.1, 0.15) is 5.75 Å². The van der Waals surface area contributed by atoms with E-state index in [0.717, 1.165) is 11.3 Å². The number of benzene rings is 2. The highest BCUT2D eigenvalue weighted by Crippen LogP contribution is 2.31. The molecule has 0 amide bonds. The van der Waals surface area contributed by atoms with Gasteiger partial charge in [0.25, 0.3) is 0 Å². The van der Waals surface area contributed by atoms with Crippen molar-refractivity contribution in [2.24, 2.45) is 0 Å². The van der Waals surface area contributed by atoms with Crippen LogP contribution in [0.15, 0.2) is 54.9 Å². The summed E-state index contributed by atoms with van der Waals surface area (Å²) < 4.78 is 5.30. The first-order valence-electron chi connectivity index (χ1n) is 6.27. The van der Waals surface area contributed by atoms with E-state index in [0.29, 0.717) is 0 Å². The first-order chi connectivity index (χ1) is 9.29. The number of nitrogens with zero attached hydrogens (tertiary/aromatic N) is 1. The summed E-state index contributed by atoms with van der Waals surface area (Å²) >= 11 is 0. The minimum atomic E-state index is 0.875. The number of rotatable bonds is 2. The Bertz CT molecular complexity index is 734. The quantitative estimate of drug-likeness (QED) is 0.678. The SMILES string of the molecule is COc1cccc(-c2ccc(C)c3cnccc23)c1. The van der Waals surface area contributed by atoms with Gasteiger partial charge >= 0.3 is 0 Å². The molecule has 1 heterocycles. The Morgan fingerprint density at radius 3 is 2.74 bits per heavy atom. The van der Waals surface area contributed by atoms with Gasteiger partial charge in [0.05, 0.1) is 7.11 Å². The molecular weight excluding hydrogens is 234 g/mol. The fourth-order valence-corrected chi connectivity index (χ4v) is 2.37. The minimum Gasteiger partial charge on any atom is -0.497 e. The van der Waals surface area contributed by atoms with Gasteiger partial charge in [-0.2, -0.15) is 0 Å². The lowest BCUT2D eigenvalue weighted by Crippen LogP contribution is -1.87. The molecule has 1 aromatic heterocycles. The lowest BCUT2D eigenvalue weighted by Gasteiger charge is -2.10. The van der Waals surface area contributed by atoms with Gasteiger partial charge in [-0.25, -0.2) is 0 Å². The van der Waals surface area contributed by atoms with Crippen LogP contribution in [0.4, 0.5) is 0 Å². The Kier molecular flexibility index (Phi) is 2.92. The van der Waals surface area contributed by atoms with Crippen LogP contribution in [0.5, 0.6) is 5.75 Å². The molecule has 0 saturated carbocycles. The average molecular weight is 249 g/mol. The Labute approximate surface area is 112 Å². The molecule has 0 bridgehead atoms. The van der Waals surface area contributed by atoms with E-state index in [1.807, 2.05) is 24.5 Å². The molecule has 2 nitrogen and oxygen atoms in total. The van der Waals surface area contributed by atoms with E-state index < -0.39 is 0 Å². The molecule has 3 rings (SSSR count). The summed E-state index contributed by atoms with van der Waals surface area (Å²) in [5.41, 5.74) is 3.62. The van der Waals surface area contributed by atoms with Crippen LogP contribution in [-0.4, -0.2) is 12.1 Å². The molecule has 2 aromatic carbocycles. The van der Waals surface area contributed by atoms with E-state index in [1.165, 1.54) is 21.9 Å². The first kappa shape index (κ1) is 11.7. The molecule has 2 heteroatoms. The molecule has 0 aliphatic rings. The number of hydrogen-bond acceptors (Lipinski definition) is 2. The highest BCUT2D eigenvalue weighted by atomic mass is 16.5. The van der Waals surface area contributed by atoms with Gasteiger partial charge in [-0.3, -0.25) is 4.98 Å². The van der Waals surface area contributed by atoms with Crippen molar-refractivity contribution in [3.63, 3.8) is 0 Å². The van der Waals surface area contributed by atoms with Gasteiger partial charge in [-0.15, -0.1) is 0 Å². The third kappa shape index (κ3) is 2.06. The number of hydrogen-bond donors (Lipinski definition) is 0. The molecular formula is C17H15NO. The zero-order chi connectivity index (χ0) is 13.2. The Hall–Kier alpha value is -2.35. The maximum absolute atomic E-state index is 5.30. The van der Waals surface area contributed by atoms with Crippen LogP contribution in [0, 0.1) is 6.92 Å². The zero-order valence-corrected chi connectivity index (χ0v) is 11.1. The molecule has 0 N–H and O–H groups in total. The maximum atomic E-state index is 5.30. The number of methoxy groups -OCH3 is 1. The van der Waals surface area contributed by atoms with E-state index in [1.54, 1.807) is 7.11 Å². The van der Waals surface area contributed by atoms with Gasteiger partial charge in [-0.05, 0) is 47.2 Å². The van der Waals surface area contributed by atoms with Crippen molar-refractivity contribution >= 4 is 10.8 Å².